The minimum atomic E-state index is -0.832. The normalized spacial score (nSPS) is 14.7. The highest BCUT2D eigenvalue weighted by molar-refractivity contribution is 5.95. The van der Waals surface area contributed by atoms with Crippen LogP contribution in [0.1, 0.15) is 27.6 Å². The maximum atomic E-state index is 13.1. The average Bonchev–Trinajstić information content (AvgIpc) is 3.63. The molecule has 5 rings (SSSR count). The molecule has 0 radical (unpaired) electrons. The maximum absolute atomic E-state index is 13.1. The zero-order valence-electron chi connectivity index (χ0n) is 19.7. The highest BCUT2D eigenvalue weighted by Crippen LogP contribution is 2.32. The fourth-order valence-corrected chi connectivity index (χ4v) is 4.12. The Hall–Kier alpha value is -4.60. The van der Waals surface area contributed by atoms with Gasteiger partial charge >= 0.3 is 5.97 Å². The number of ether oxygens (including phenoxy) is 3. The Balaban J connectivity index is 1.32. The lowest BCUT2D eigenvalue weighted by Gasteiger charge is -2.34. The van der Waals surface area contributed by atoms with Gasteiger partial charge in [-0.05, 0) is 35.4 Å². The highest BCUT2D eigenvalue weighted by atomic mass is 16.6. The summed E-state index contributed by atoms with van der Waals surface area (Å²) in [5, 5.41) is 3.97. The molecular weight excluding hydrogens is 466 g/mol. The van der Waals surface area contributed by atoms with Crippen LogP contribution < -0.4 is 9.47 Å². The van der Waals surface area contributed by atoms with Crippen molar-refractivity contribution in [2.45, 2.75) is 25.6 Å². The molecule has 1 unspecified atom stereocenters. The van der Waals surface area contributed by atoms with E-state index in [1.807, 2.05) is 24.3 Å². The molecule has 4 aromatic rings. The van der Waals surface area contributed by atoms with Gasteiger partial charge in [0.05, 0.1) is 26.0 Å². The summed E-state index contributed by atoms with van der Waals surface area (Å²) in [5.41, 5.74) is 2.55. The first-order valence-electron chi connectivity index (χ1n) is 11.2. The molecule has 0 bridgehead atoms. The Morgan fingerprint density at radius 2 is 1.89 bits per heavy atom. The molecule has 184 valence electrons. The Labute approximate surface area is 206 Å². The van der Waals surface area contributed by atoms with E-state index in [1.165, 1.54) is 18.3 Å². The molecule has 0 N–H and O–H groups in total. The van der Waals surface area contributed by atoms with E-state index < -0.39 is 12.0 Å². The van der Waals surface area contributed by atoms with Crippen molar-refractivity contribution in [3.63, 3.8) is 0 Å². The summed E-state index contributed by atoms with van der Waals surface area (Å²) >= 11 is 0. The van der Waals surface area contributed by atoms with Gasteiger partial charge in [0.15, 0.2) is 12.4 Å². The summed E-state index contributed by atoms with van der Waals surface area (Å²) in [6.07, 6.45) is 1.74. The molecule has 3 heterocycles. The molecule has 1 aliphatic heterocycles. The molecule has 36 heavy (non-hydrogen) atoms. The van der Waals surface area contributed by atoms with Crippen LogP contribution in [0.25, 0.3) is 11.4 Å². The van der Waals surface area contributed by atoms with Crippen LogP contribution in [-0.2, 0) is 29.1 Å². The molecule has 0 spiro atoms. The Kier molecular flexibility index (Phi) is 6.40. The van der Waals surface area contributed by atoms with Gasteiger partial charge in [-0.3, -0.25) is 4.79 Å². The quantitative estimate of drug-likeness (QED) is 0.359. The average molecular weight is 489 g/mol. The van der Waals surface area contributed by atoms with E-state index in [1.54, 1.807) is 37.4 Å². The lowest BCUT2D eigenvalue weighted by atomic mass is 9.93. The molecule has 1 amide bonds. The van der Waals surface area contributed by atoms with Gasteiger partial charge in [-0.25, -0.2) is 4.79 Å². The summed E-state index contributed by atoms with van der Waals surface area (Å²) in [6.45, 7) is 0.0165. The second-order valence-electron chi connectivity index (χ2n) is 8.08. The molecule has 1 aliphatic rings. The number of benzene rings is 2. The number of amides is 1. The zero-order valence-corrected chi connectivity index (χ0v) is 19.7. The molecule has 2 aromatic carbocycles. The minimum absolute atomic E-state index is 0.108. The molecule has 0 saturated heterocycles. The number of hydrogen-bond donors (Lipinski definition) is 0. The standard InChI is InChI=1S/C26H23N3O7/c1-32-18-9-10-19(22(13-18)33-2)24-27-23(36-28-24)15-35-26(31)20-12-16-6-3-4-7-17(16)14-29(20)25(30)21-8-5-11-34-21/h3-11,13,20H,12,14-15H2,1-2H3. The number of fused-ring (bicyclic) bond motifs is 1. The van der Waals surface area contributed by atoms with Crippen LogP contribution >= 0.6 is 0 Å². The summed E-state index contributed by atoms with van der Waals surface area (Å²) < 4.78 is 26.7. The van der Waals surface area contributed by atoms with E-state index in [2.05, 4.69) is 10.1 Å². The summed E-state index contributed by atoms with van der Waals surface area (Å²) in [5.74, 6) is 0.706. The van der Waals surface area contributed by atoms with Crippen LogP contribution in [0.5, 0.6) is 11.5 Å². The number of carbonyl (C=O) groups is 2. The van der Waals surface area contributed by atoms with E-state index in [-0.39, 0.29) is 36.5 Å². The Morgan fingerprint density at radius 1 is 1.06 bits per heavy atom. The van der Waals surface area contributed by atoms with Gasteiger partial charge in [-0.15, -0.1) is 0 Å². The SMILES string of the molecule is COc1ccc(-c2noc(COC(=O)C3Cc4ccccc4CN3C(=O)c3ccco3)n2)c(OC)c1. The van der Waals surface area contributed by atoms with Crippen LogP contribution in [0.3, 0.4) is 0 Å². The monoisotopic (exact) mass is 489 g/mol. The second-order valence-corrected chi connectivity index (χ2v) is 8.08. The molecule has 2 aromatic heterocycles. The lowest BCUT2D eigenvalue weighted by Crippen LogP contribution is -2.49. The van der Waals surface area contributed by atoms with Gasteiger partial charge in [0.2, 0.25) is 5.82 Å². The number of hydrogen-bond acceptors (Lipinski definition) is 9. The van der Waals surface area contributed by atoms with Crippen LogP contribution in [0.2, 0.25) is 0 Å². The van der Waals surface area contributed by atoms with Crippen LogP contribution in [-0.4, -0.2) is 47.2 Å². The topological polar surface area (TPSA) is 117 Å². The highest BCUT2D eigenvalue weighted by Gasteiger charge is 2.37. The lowest BCUT2D eigenvalue weighted by molar-refractivity contribution is -0.151. The molecule has 10 nitrogen and oxygen atoms in total. The summed E-state index contributed by atoms with van der Waals surface area (Å²) in [7, 11) is 3.09. The molecule has 0 saturated carbocycles. The van der Waals surface area contributed by atoms with Gasteiger partial charge in [0.25, 0.3) is 11.8 Å². The molecule has 0 aliphatic carbocycles. The van der Waals surface area contributed by atoms with Crippen molar-refractivity contribution in [3.05, 3.63) is 83.6 Å². The summed E-state index contributed by atoms with van der Waals surface area (Å²) in [6, 6.07) is 15.2. The number of carbonyl (C=O) groups excluding carboxylic acids is 2. The fraction of sp³-hybridized carbons (Fsp3) is 0.231. The predicted octanol–water partition coefficient (Wildman–Crippen LogP) is 3.66. The van der Waals surface area contributed by atoms with Crippen LogP contribution in [0.4, 0.5) is 0 Å². The van der Waals surface area contributed by atoms with Gasteiger partial charge in [-0.2, -0.15) is 4.98 Å². The van der Waals surface area contributed by atoms with Crippen molar-refractivity contribution in [1.82, 2.24) is 15.0 Å². The van der Waals surface area contributed by atoms with E-state index >= 15 is 0 Å². The van der Waals surface area contributed by atoms with Crippen molar-refractivity contribution >= 4 is 11.9 Å². The van der Waals surface area contributed by atoms with Crippen LogP contribution in [0, 0.1) is 0 Å². The van der Waals surface area contributed by atoms with Gasteiger partial charge in [0, 0.05) is 19.0 Å². The number of furan rings is 1. The molecule has 10 heteroatoms. The first-order chi connectivity index (χ1) is 17.6. The van der Waals surface area contributed by atoms with Gasteiger partial charge < -0.3 is 28.1 Å². The smallest absolute Gasteiger partial charge is 0.329 e. The van der Waals surface area contributed by atoms with Crippen molar-refractivity contribution in [1.29, 1.82) is 0 Å². The first kappa shape index (κ1) is 23.2. The van der Waals surface area contributed by atoms with Gasteiger partial charge in [-0.1, -0.05) is 29.4 Å². The fourth-order valence-electron chi connectivity index (χ4n) is 4.12. The van der Waals surface area contributed by atoms with Crippen molar-refractivity contribution in [2.75, 3.05) is 14.2 Å². The van der Waals surface area contributed by atoms with E-state index in [0.717, 1.165) is 11.1 Å². The number of aromatic nitrogens is 2. The molecular formula is C26H23N3O7. The third kappa shape index (κ3) is 4.52. The third-order valence-electron chi connectivity index (χ3n) is 5.97. The first-order valence-corrected chi connectivity index (χ1v) is 11.2. The van der Waals surface area contributed by atoms with Crippen molar-refractivity contribution in [2.24, 2.45) is 0 Å². The zero-order chi connectivity index (χ0) is 25.1. The van der Waals surface area contributed by atoms with Crippen LogP contribution in [0.15, 0.2) is 69.8 Å². The van der Waals surface area contributed by atoms with E-state index in [4.69, 9.17) is 23.2 Å². The number of rotatable bonds is 7. The Morgan fingerprint density at radius 3 is 2.64 bits per heavy atom. The Bertz CT molecular complexity index is 1380. The number of nitrogens with zero attached hydrogens (tertiary/aromatic N) is 3. The maximum Gasteiger partial charge on any atom is 0.329 e. The number of esters is 1. The largest absolute Gasteiger partial charge is 0.497 e. The molecule has 0 fully saturated rings. The van der Waals surface area contributed by atoms with Crippen molar-refractivity contribution < 1.29 is 32.7 Å². The third-order valence-corrected chi connectivity index (χ3v) is 5.97. The predicted molar refractivity (Wildman–Crippen MR) is 125 cm³/mol. The molecule has 1 atom stereocenters. The summed E-state index contributed by atoms with van der Waals surface area (Å²) in [4.78, 5) is 32.0. The second kappa shape index (κ2) is 9.95. The van der Waals surface area contributed by atoms with Crippen molar-refractivity contribution in [3.8, 4) is 22.9 Å². The number of methoxy groups -OCH3 is 2. The van der Waals surface area contributed by atoms with E-state index in [9.17, 15) is 9.59 Å². The van der Waals surface area contributed by atoms with E-state index in [0.29, 0.717) is 23.5 Å². The van der Waals surface area contributed by atoms with Gasteiger partial charge in [0.1, 0.15) is 17.5 Å². The minimum Gasteiger partial charge on any atom is -0.497 e.